The minimum Gasteiger partial charge on any atom is -0.497 e. The molecule has 0 aliphatic carbocycles. The van der Waals surface area contributed by atoms with E-state index in [9.17, 15) is 9.59 Å². The molecule has 0 spiro atoms. The van der Waals surface area contributed by atoms with Gasteiger partial charge in [-0.25, -0.2) is 9.59 Å². The maximum absolute atomic E-state index is 11.4. The lowest BCUT2D eigenvalue weighted by Crippen LogP contribution is -2.15. The number of benzene rings is 1. The quantitative estimate of drug-likeness (QED) is 0.373. The number of ether oxygens (including phenoxy) is 2. The van der Waals surface area contributed by atoms with Crippen LogP contribution in [-0.4, -0.2) is 30.8 Å². The molecular weight excluding hydrogens is 236 g/mol. The zero-order chi connectivity index (χ0) is 13.5. The second-order valence-electron chi connectivity index (χ2n) is 3.36. The van der Waals surface area contributed by atoms with Crippen LogP contribution in [0.5, 0.6) is 5.75 Å². The fourth-order valence-electron chi connectivity index (χ4n) is 1.28. The Morgan fingerprint density at radius 3 is 2.33 bits per heavy atom. The van der Waals surface area contributed by atoms with E-state index in [0.29, 0.717) is 11.3 Å². The summed E-state index contributed by atoms with van der Waals surface area (Å²) in [5, 5.41) is 8.94. The van der Waals surface area contributed by atoms with E-state index in [-0.39, 0.29) is 6.61 Å². The Morgan fingerprint density at radius 1 is 1.28 bits per heavy atom. The molecule has 0 amide bonds. The maximum atomic E-state index is 11.4. The molecule has 0 aliphatic rings. The molecule has 5 nitrogen and oxygen atoms in total. The number of hydrogen-bond donors (Lipinski definition) is 1. The van der Waals surface area contributed by atoms with Crippen LogP contribution in [0.15, 0.2) is 29.8 Å². The smallest absolute Gasteiger partial charge is 0.345 e. The minimum atomic E-state index is -1.32. The van der Waals surface area contributed by atoms with Gasteiger partial charge in [0, 0.05) is 0 Å². The Hall–Kier alpha value is -2.30. The molecule has 1 N–H and O–H groups in total. The second-order valence-corrected chi connectivity index (χ2v) is 3.36. The van der Waals surface area contributed by atoms with E-state index in [2.05, 4.69) is 4.74 Å². The third-order valence-corrected chi connectivity index (χ3v) is 2.15. The first-order valence-electron chi connectivity index (χ1n) is 5.34. The number of carbonyl (C=O) groups excluding carboxylic acids is 1. The highest BCUT2D eigenvalue weighted by Gasteiger charge is 2.18. The van der Waals surface area contributed by atoms with Gasteiger partial charge in [0.25, 0.3) is 0 Å². The highest BCUT2D eigenvalue weighted by molar-refractivity contribution is 6.16. The van der Waals surface area contributed by atoms with E-state index < -0.39 is 17.5 Å². The molecule has 0 aromatic heterocycles. The van der Waals surface area contributed by atoms with Crippen molar-refractivity contribution in [3.8, 4) is 5.75 Å². The van der Waals surface area contributed by atoms with Crippen molar-refractivity contribution in [2.75, 3.05) is 13.7 Å². The lowest BCUT2D eigenvalue weighted by Gasteiger charge is -2.03. The summed E-state index contributed by atoms with van der Waals surface area (Å²) < 4.78 is 9.65. The van der Waals surface area contributed by atoms with E-state index in [0.717, 1.165) is 0 Å². The number of carboxylic acid groups (broad SMARTS) is 1. The Balaban J connectivity index is 3.00. The van der Waals surface area contributed by atoms with Crippen molar-refractivity contribution in [2.45, 2.75) is 6.92 Å². The van der Waals surface area contributed by atoms with E-state index in [1.54, 1.807) is 31.2 Å². The first-order valence-corrected chi connectivity index (χ1v) is 5.34. The van der Waals surface area contributed by atoms with E-state index in [4.69, 9.17) is 9.84 Å². The Morgan fingerprint density at radius 2 is 1.89 bits per heavy atom. The molecule has 0 radical (unpaired) electrons. The molecule has 0 aliphatic heterocycles. The highest BCUT2D eigenvalue weighted by atomic mass is 16.5. The predicted molar refractivity (Wildman–Crippen MR) is 65.2 cm³/mol. The van der Waals surface area contributed by atoms with Crippen LogP contribution < -0.4 is 4.74 Å². The monoisotopic (exact) mass is 250 g/mol. The van der Waals surface area contributed by atoms with Gasteiger partial charge < -0.3 is 14.6 Å². The summed E-state index contributed by atoms with van der Waals surface area (Å²) in [7, 11) is 1.53. The van der Waals surface area contributed by atoms with Gasteiger partial charge in [-0.15, -0.1) is 0 Å². The summed E-state index contributed by atoms with van der Waals surface area (Å²) in [5.74, 6) is -1.51. The number of esters is 1. The molecule has 5 heteroatoms. The van der Waals surface area contributed by atoms with E-state index in [1.165, 1.54) is 13.2 Å². The summed E-state index contributed by atoms with van der Waals surface area (Å²) >= 11 is 0. The Labute approximate surface area is 105 Å². The van der Waals surface area contributed by atoms with Gasteiger partial charge in [0.15, 0.2) is 0 Å². The SMILES string of the molecule is CCOC(=O)C(=Cc1ccc(OC)cc1)C(=O)O. The first kappa shape index (κ1) is 13.8. The normalized spacial score (nSPS) is 10.9. The van der Waals surface area contributed by atoms with Crippen molar-refractivity contribution in [1.82, 2.24) is 0 Å². The molecule has 0 saturated carbocycles. The predicted octanol–water partition coefficient (Wildman–Crippen LogP) is 1.73. The molecule has 0 heterocycles. The van der Waals surface area contributed by atoms with Gasteiger partial charge in [-0.1, -0.05) is 12.1 Å². The molecule has 1 aromatic rings. The molecule has 0 unspecified atom stereocenters. The number of carboxylic acids is 1. The average molecular weight is 250 g/mol. The number of hydrogen-bond acceptors (Lipinski definition) is 4. The number of aliphatic carboxylic acids is 1. The molecule has 0 fully saturated rings. The minimum absolute atomic E-state index is 0.131. The van der Waals surface area contributed by atoms with Crippen LogP contribution in [0.1, 0.15) is 12.5 Å². The average Bonchev–Trinajstić information content (AvgIpc) is 2.36. The molecule has 1 aromatic carbocycles. The van der Waals surface area contributed by atoms with E-state index >= 15 is 0 Å². The topological polar surface area (TPSA) is 72.8 Å². The summed E-state index contributed by atoms with van der Waals surface area (Å²) in [6, 6.07) is 6.66. The van der Waals surface area contributed by atoms with Gasteiger partial charge in [0.1, 0.15) is 11.3 Å². The van der Waals surface area contributed by atoms with Crippen LogP contribution >= 0.6 is 0 Å². The van der Waals surface area contributed by atoms with Crippen LogP contribution in [0, 0.1) is 0 Å². The Kier molecular flexibility index (Phi) is 4.92. The van der Waals surface area contributed by atoms with E-state index in [1.807, 2.05) is 0 Å². The lowest BCUT2D eigenvalue weighted by atomic mass is 10.1. The van der Waals surface area contributed by atoms with Crippen molar-refractivity contribution in [3.05, 3.63) is 35.4 Å². The van der Waals surface area contributed by atoms with Gasteiger partial charge >= 0.3 is 11.9 Å². The summed E-state index contributed by atoms with van der Waals surface area (Å²) in [4.78, 5) is 22.4. The largest absolute Gasteiger partial charge is 0.497 e. The molecule has 0 bridgehead atoms. The zero-order valence-electron chi connectivity index (χ0n) is 10.2. The molecule has 96 valence electrons. The zero-order valence-corrected chi connectivity index (χ0v) is 10.2. The summed E-state index contributed by atoms with van der Waals surface area (Å²) in [6.45, 7) is 1.75. The molecule has 0 saturated heterocycles. The van der Waals surface area contributed by atoms with Crippen LogP contribution in [0.25, 0.3) is 6.08 Å². The van der Waals surface area contributed by atoms with Crippen molar-refractivity contribution in [3.63, 3.8) is 0 Å². The van der Waals surface area contributed by atoms with Crippen molar-refractivity contribution in [2.24, 2.45) is 0 Å². The van der Waals surface area contributed by atoms with Crippen molar-refractivity contribution < 1.29 is 24.2 Å². The van der Waals surface area contributed by atoms with Gasteiger partial charge in [0.2, 0.25) is 0 Å². The van der Waals surface area contributed by atoms with Gasteiger partial charge in [0.05, 0.1) is 13.7 Å². The fourth-order valence-corrected chi connectivity index (χ4v) is 1.28. The van der Waals surface area contributed by atoms with Crippen LogP contribution in [0.4, 0.5) is 0 Å². The van der Waals surface area contributed by atoms with Gasteiger partial charge in [-0.05, 0) is 30.7 Å². The molecule has 0 atom stereocenters. The first-order chi connectivity index (χ1) is 8.58. The number of rotatable bonds is 5. The van der Waals surface area contributed by atoms with Gasteiger partial charge in [-0.2, -0.15) is 0 Å². The Bertz CT molecular complexity index is 459. The third kappa shape index (κ3) is 3.62. The second kappa shape index (κ2) is 6.44. The van der Waals surface area contributed by atoms with Crippen LogP contribution in [0.2, 0.25) is 0 Å². The maximum Gasteiger partial charge on any atom is 0.345 e. The fraction of sp³-hybridized carbons (Fsp3) is 0.231. The van der Waals surface area contributed by atoms with Gasteiger partial charge in [-0.3, -0.25) is 0 Å². The highest BCUT2D eigenvalue weighted by Crippen LogP contribution is 2.14. The molecule has 18 heavy (non-hydrogen) atoms. The molecule has 1 rings (SSSR count). The van der Waals surface area contributed by atoms with Crippen molar-refractivity contribution >= 4 is 18.0 Å². The third-order valence-electron chi connectivity index (χ3n) is 2.15. The number of methoxy groups -OCH3 is 1. The molecular formula is C13H14O5. The summed E-state index contributed by atoms with van der Waals surface area (Å²) in [5.41, 5.74) is 0.184. The standard InChI is InChI=1S/C13H14O5/c1-3-18-13(16)11(12(14)15)8-9-4-6-10(17-2)7-5-9/h4-8H,3H2,1-2H3,(H,14,15). The van der Waals surface area contributed by atoms with Crippen molar-refractivity contribution in [1.29, 1.82) is 0 Å². The number of carbonyl (C=O) groups is 2. The van der Waals surface area contributed by atoms with Crippen LogP contribution in [-0.2, 0) is 14.3 Å². The lowest BCUT2D eigenvalue weighted by molar-refractivity contribution is -0.143. The summed E-state index contributed by atoms with van der Waals surface area (Å²) in [6.07, 6.45) is 1.26. The van der Waals surface area contributed by atoms with Crippen LogP contribution in [0.3, 0.4) is 0 Å².